The van der Waals surface area contributed by atoms with E-state index in [1.54, 1.807) is 0 Å². The zero-order chi connectivity index (χ0) is 37.2. The van der Waals surface area contributed by atoms with E-state index in [0.29, 0.717) is 0 Å². The fourth-order valence-electron chi connectivity index (χ4n) is 11.1. The van der Waals surface area contributed by atoms with Crippen molar-refractivity contribution in [2.24, 2.45) is 0 Å². The number of fused-ring (bicyclic) bond motifs is 17. The van der Waals surface area contributed by atoms with E-state index in [2.05, 4.69) is 206 Å². The highest BCUT2D eigenvalue weighted by atomic mass is 14.5. The molecule has 0 heteroatoms. The van der Waals surface area contributed by atoms with Crippen LogP contribution in [0.25, 0.3) is 98.4 Å². The highest BCUT2D eigenvalue weighted by Crippen LogP contribution is 2.65. The number of benzene rings is 11. The summed E-state index contributed by atoms with van der Waals surface area (Å²) in [6, 6.07) is 77.6. The normalized spacial score (nSPS) is 13.4. The maximum absolute atomic E-state index is 2.46. The summed E-state index contributed by atoms with van der Waals surface area (Å²) in [7, 11) is 0. The van der Waals surface area contributed by atoms with Crippen molar-refractivity contribution in [1.29, 1.82) is 0 Å². The summed E-state index contributed by atoms with van der Waals surface area (Å²) in [5, 5.41) is 12.8. The van der Waals surface area contributed by atoms with Gasteiger partial charge in [0.2, 0.25) is 0 Å². The molecule has 57 heavy (non-hydrogen) atoms. The molecular weight excluding hydrogens is 685 g/mol. The largest absolute Gasteiger partial charge is 0.0737 e. The molecule has 11 aromatic rings. The van der Waals surface area contributed by atoms with Gasteiger partial charge in [-0.15, -0.1) is 0 Å². The molecule has 1 spiro atoms. The molecule has 0 aromatic heterocycles. The Kier molecular flexibility index (Phi) is 6.19. The van der Waals surface area contributed by atoms with Gasteiger partial charge in [-0.05, 0) is 127 Å². The summed E-state index contributed by atoms with van der Waals surface area (Å²) in [6.07, 6.45) is 0. The second kappa shape index (κ2) is 11.4. The Morgan fingerprint density at radius 3 is 1.32 bits per heavy atom. The average Bonchev–Trinajstić information content (AvgIpc) is 3.75. The van der Waals surface area contributed by atoms with Crippen molar-refractivity contribution in [2.75, 3.05) is 0 Å². The van der Waals surface area contributed by atoms with Gasteiger partial charge in [-0.1, -0.05) is 200 Å². The molecule has 0 unspecified atom stereocenters. The standard InChI is InChI=1S/C57H34/c1-3-17-39-35(14-1)16-13-25-44(39)54-47-23-7-5-21-45(47)53(46-22-6-8-24-48(46)54)38-30-31-41-37(34-38)29-33-50-49-32-28-36-15-2-4-18-40(36)55(49)57(56(41)50)51-26-11-9-19-42(51)43-20-10-12-27-52(43)57/h1-34H. The Bertz CT molecular complexity index is 3420. The summed E-state index contributed by atoms with van der Waals surface area (Å²) in [5.74, 6) is 0. The first kappa shape index (κ1) is 31.0. The van der Waals surface area contributed by atoms with Gasteiger partial charge in [-0.3, -0.25) is 0 Å². The van der Waals surface area contributed by atoms with Crippen molar-refractivity contribution in [3.05, 3.63) is 229 Å². The lowest BCUT2D eigenvalue weighted by atomic mass is 9.68. The van der Waals surface area contributed by atoms with Crippen LogP contribution in [-0.2, 0) is 5.41 Å². The molecule has 0 saturated heterocycles. The monoisotopic (exact) mass is 718 g/mol. The van der Waals surface area contributed by atoms with Gasteiger partial charge in [0, 0.05) is 0 Å². The van der Waals surface area contributed by atoms with Gasteiger partial charge in [0.05, 0.1) is 5.41 Å². The van der Waals surface area contributed by atoms with Crippen LogP contribution in [0.3, 0.4) is 0 Å². The van der Waals surface area contributed by atoms with Gasteiger partial charge in [-0.2, -0.15) is 0 Å². The van der Waals surface area contributed by atoms with Crippen molar-refractivity contribution < 1.29 is 0 Å². The fourth-order valence-corrected chi connectivity index (χ4v) is 11.1. The zero-order valence-corrected chi connectivity index (χ0v) is 31.1. The Hall–Kier alpha value is -7.28. The summed E-state index contributed by atoms with van der Waals surface area (Å²) in [5.41, 5.74) is 15.5. The van der Waals surface area contributed by atoms with Gasteiger partial charge in [0.1, 0.15) is 0 Å². The highest BCUT2D eigenvalue weighted by Gasteiger charge is 2.53. The lowest BCUT2D eigenvalue weighted by Crippen LogP contribution is -2.26. The molecule has 0 radical (unpaired) electrons. The third-order valence-corrected chi connectivity index (χ3v) is 13.2. The predicted octanol–water partition coefficient (Wildman–Crippen LogP) is 15.1. The summed E-state index contributed by atoms with van der Waals surface area (Å²) < 4.78 is 0. The van der Waals surface area contributed by atoms with E-state index in [9.17, 15) is 0 Å². The number of hydrogen-bond acceptors (Lipinski definition) is 0. The lowest BCUT2D eigenvalue weighted by Gasteiger charge is -2.32. The van der Waals surface area contributed by atoms with E-state index in [1.807, 2.05) is 0 Å². The molecule has 0 amide bonds. The Morgan fingerprint density at radius 2 is 0.684 bits per heavy atom. The first-order valence-electron chi connectivity index (χ1n) is 20.0. The van der Waals surface area contributed by atoms with E-state index < -0.39 is 5.41 Å². The lowest BCUT2D eigenvalue weighted by molar-refractivity contribution is 0.809. The van der Waals surface area contributed by atoms with Gasteiger partial charge >= 0.3 is 0 Å². The molecular formula is C57H34. The van der Waals surface area contributed by atoms with Crippen molar-refractivity contribution >= 4 is 53.9 Å². The van der Waals surface area contributed by atoms with Gasteiger partial charge in [-0.25, -0.2) is 0 Å². The molecule has 0 saturated carbocycles. The minimum Gasteiger partial charge on any atom is -0.0619 e. The third-order valence-electron chi connectivity index (χ3n) is 13.2. The van der Waals surface area contributed by atoms with Crippen LogP contribution in [0.2, 0.25) is 0 Å². The zero-order valence-electron chi connectivity index (χ0n) is 31.1. The van der Waals surface area contributed by atoms with Crippen LogP contribution < -0.4 is 0 Å². The molecule has 13 rings (SSSR count). The maximum Gasteiger partial charge on any atom is 0.0737 e. The molecule has 0 fully saturated rings. The van der Waals surface area contributed by atoms with Crippen LogP contribution in [-0.4, -0.2) is 0 Å². The maximum atomic E-state index is 2.46. The molecule has 0 bridgehead atoms. The minimum atomic E-state index is -0.445. The smallest absolute Gasteiger partial charge is 0.0619 e. The summed E-state index contributed by atoms with van der Waals surface area (Å²) >= 11 is 0. The molecule has 11 aromatic carbocycles. The van der Waals surface area contributed by atoms with E-state index in [4.69, 9.17) is 0 Å². The Labute approximate surface area is 330 Å². The second-order valence-electron chi connectivity index (χ2n) is 15.8. The van der Waals surface area contributed by atoms with Crippen LogP contribution in [0.5, 0.6) is 0 Å². The van der Waals surface area contributed by atoms with Gasteiger partial charge in [0.15, 0.2) is 0 Å². The molecule has 0 nitrogen and oxygen atoms in total. The topological polar surface area (TPSA) is 0 Å². The quantitative estimate of drug-likeness (QED) is 0.156. The van der Waals surface area contributed by atoms with Crippen LogP contribution in [0, 0.1) is 0 Å². The van der Waals surface area contributed by atoms with E-state index in [-0.39, 0.29) is 0 Å². The van der Waals surface area contributed by atoms with Gasteiger partial charge < -0.3 is 0 Å². The van der Waals surface area contributed by atoms with Crippen LogP contribution in [0.15, 0.2) is 206 Å². The summed E-state index contributed by atoms with van der Waals surface area (Å²) in [4.78, 5) is 0. The molecule has 262 valence electrons. The second-order valence-corrected chi connectivity index (χ2v) is 15.8. The Balaban J connectivity index is 1.12. The van der Waals surface area contributed by atoms with E-state index in [0.717, 1.165) is 0 Å². The average molecular weight is 719 g/mol. The molecule has 2 aliphatic rings. The van der Waals surface area contributed by atoms with E-state index in [1.165, 1.54) is 121 Å². The number of rotatable bonds is 2. The minimum absolute atomic E-state index is 0.445. The fraction of sp³-hybridized carbons (Fsp3) is 0.0175. The molecule has 0 N–H and O–H groups in total. The predicted molar refractivity (Wildman–Crippen MR) is 241 cm³/mol. The third kappa shape index (κ3) is 3.97. The molecule has 2 aliphatic carbocycles. The highest BCUT2D eigenvalue weighted by molar-refractivity contribution is 6.24. The summed E-state index contributed by atoms with van der Waals surface area (Å²) in [6.45, 7) is 0. The van der Waals surface area contributed by atoms with Crippen molar-refractivity contribution in [3.8, 4) is 44.5 Å². The van der Waals surface area contributed by atoms with E-state index >= 15 is 0 Å². The first-order valence-corrected chi connectivity index (χ1v) is 20.0. The molecule has 0 atom stereocenters. The van der Waals surface area contributed by atoms with Crippen molar-refractivity contribution in [1.82, 2.24) is 0 Å². The molecule has 0 aliphatic heterocycles. The van der Waals surface area contributed by atoms with Crippen LogP contribution >= 0.6 is 0 Å². The Morgan fingerprint density at radius 1 is 0.246 bits per heavy atom. The van der Waals surface area contributed by atoms with Gasteiger partial charge in [0.25, 0.3) is 0 Å². The number of hydrogen-bond donors (Lipinski definition) is 0. The van der Waals surface area contributed by atoms with Crippen molar-refractivity contribution in [2.45, 2.75) is 5.41 Å². The SMILES string of the molecule is c1ccc2c(c1)-c1ccccc1C21c2c(ccc3ccccc23)-c2ccc3cc(-c4c5ccccc5c(-c5cccc6ccccc56)c5ccccc45)ccc3c21. The van der Waals surface area contributed by atoms with Crippen LogP contribution in [0.1, 0.15) is 22.3 Å². The molecule has 0 heterocycles. The van der Waals surface area contributed by atoms with Crippen molar-refractivity contribution in [3.63, 3.8) is 0 Å². The van der Waals surface area contributed by atoms with Crippen LogP contribution in [0.4, 0.5) is 0 Å². The first-order chi connectivity index (χ1) is 28.3.